The van der Waals surface area contributed by atoms with Gasteiger partial charge < -0.3 is 20.2 Å². The SMILES string of the molecule is CCNC(=NCC1(CO)CC1)N1CCN(c2cc(F)ccc2F)CC1. The molecule has 1 saturated heterocycles. The van der Waals surface area contributed by atoms with Gasteiger partial charge in [0.1, 0.15) is 11.6 Å². The van der Waals surface area contributed by atoms with E-state index in [1.165, 1.54) is 12.1 Å². The van der Waals surface area contributed by atoms with E-state index in [1.54, 1.807) is 0 Å². The van der Waals surface area contributed by atoms with E-state index in [9.17, 15) is 13.9 Å². The van der Waals surface area contributed by atoms with Crippen LogP contribution in [-0.4, -0.2) is 61.8 Å². The second-order valence-corrected chi connectivity index (χ2v) is 6.90. The van der Waals surface area contributed by atoms with Crippen molar-refractivity contribution in [1.82, 2.24) is 10.2 Å². The van der Waals surface area contributed by atoms with Crippen LogP contribution < -0.4 is 10.2 Å². The Hall–Kier alpha value is -1.89. The molecular weight excluding hydrogens is 326 g/mol. The number of anilines is 1. The Morgan fingerprint density at radius 1 is 1.24 bits per heavy atom. The van der Waals surface area contributed by atoms with E-state index in [2.05, 4.69) is 10.2 Å². The number of nitrogens with zero attached hydrogens (tertiary/aromatic N) is 3. The zero-order chi connectivity index (χ0) is 17.9. The third-order valence-electron chi connectivity index (χ3n) is 5.02. The van der Waals surface area contributed by atoms with Crippen molar-refractivity contribution in [2.45, 2.75) is 19.8 Å². The first-order chi connectivity index (χ1) is 12.1. The van der Waals surface area contributed by atoms with Gasteiger partial charge in [-0.05, 0) is 31.9 Å². The summed E-state index contributed by atoms with van der Waals surface area (Å²) in [7, 11) is 0. The molecule has 7 heteroatoms. The predicted octanol–water partition coefficient (Wildman–Crippen LogP) is 1.82. The Morgan fingerprint density at radius 2 is 1.96 bits per heavy atom. The van der Waals surface area contributed by atoms with Crippen LogP contribution >= 0.6 is 0 Å². The van der Waals surface area contributed by atoms with Crippen molar-refractivity contribution in [1.29, 1.82) is 0 Å². The molecule has 25 heavy (non-hydrogen) atoms. The maximum Gasteiger partial charge on any atom is 0.194 e. The van der Waals surface area contributed by atoms with E-state index in [4.69, 9.17) is 4.99 Å². The van der Waals surface area contributed by atoms with Crippen molar-refractivity contribution in [3.63, 3.8) is 0 Å². The highest BCUT2D eigenvalue weighted by atomic mass is 19.1. The lowest BCUT2D eigenvalue weighted by atomic mass is 10.1. The number of hydrogen-bond donors (Lipinski definition) is 2. The quantitative estimate of drug-likeness (QED) is 0.627. The molecule has 0 unspecified atom stereocenters. The third-order valence-corrected chi connectivity index (χ3v) is 5.02. The fourth-order valence-electron chi connectivity index (χ4n) is 3.10. The largest absolute Gasteiger partial charge is 0.396 e. The number of halogens is 2. The summed E-state index contributed by atoms with van der Waals surface area (Å²) in [5, 5.41) is 12.7. The topological polar surface area (TPSA) is 51.1 Å². The van der Waals surface area contributed by atoms with Crippen molar-refractivity contribution in [3.05, 3.63) is 29.8 Å². The summed E-state index contributed by atoms with van der Waals surface area (Å²) in [6, 6.07) is 3.56. The van der Waals surface area contributed by atoms with E-state index in [1.807, 2.05) is 11.8 Å². The van der Waals surface area contributed by atoms with Crippen LogP contribution in [0.1, 0.15) is 19.8 Å². The summed E-state index contributed by atoms with van der Waals surface area (Å²) >= 11 is 0. The van der Waals surface area contributed by atoms with Crippen LogP contribution in [0.15, 0.2) is 23.2 Å². The van der Waals surface area contributed by atoms with Gasteiger partial charge >= 0.3 is 0 Å². The highest BCUT2D eigenvalue weighted by Crippen LogP contribution is 2.45. The molecule has 1 aliphatic carbocycles. The number of benzene rings is 1. The van der Waals surface area contributed by atoms with E-state index in [-0.39, 0.29) is 12.0 Å². The molecule has 5 nitrogen and oxygen atoms in total. The highest BCUT2D eigenvalue weighted by Gasteiger charge is 2.42. The summed E-state index contributed by atoms with van der Waals surface area (Å²) in [5.74, 6) is 0.0168. The molecule has 138 valence electrons. The fourth-order valence-corrected chi connectivity index (χ4v) is 3.10. The first-order valence-corrected chi connectivity index (χ1v) is 8.91. The lowest BCUT2D eigenvalue weighted by Gasteiger charge is -2.38. The molecule has 0 atom stereocenters. The van der Waals surface area contributed by atoms with Gasteiger partial charge in [-0.3, -0.25) is 4.99 Å². The number of nitrogens with one attached hydrogen (secondary N) is 1. The molecule has 1 saturated carbocycles. The lowest BCUT2D eigenvalue weighted by molar-refractivity contribution is 0.216. The van der Waals surface area contributed by atoms with E-state index in [0.29, 0.717) is 38.4 Å². The molecule has 0 spiro atoms. The Kier molecular flexibility index (Phi) is 5.42. The summed E-state index contributed by atoms with van der Waals surface area (Å²) in [5.41, 5.74) is 0.298. The number of aliphatic hydroxyl groups excluding tert-OH is 1. The Morgan fingerprint density at radius 3 is 2.56 bits per heavy atom. The smallest absolute Gasteiger partial charge is 0.194 e. The minimum Gasteiger partial charge on any atom is -0.396 e. The Bertz CT molecular complexity index is 626. The summed E-state index contributed by atoms with van der Waals surface area (Å²) < 4.78 is 27.4. The molecule has 3 rings (SSSR count). The van der Waals surface area contributed by atoms with Gasteiger partial charge in [0, 0.05) is 44.2 Å². The average molecular weight is 352 g/mol. The normalized spacial score (nSPS) is 19.9. The Labute approximate surface area is 147 Å². The van der Waals surface area contributed by atoms with Gasteiger partial charge in [0.15, 0.2) is 5.96 Å². The lowest BCUT2D eigenvalue weighted by Crippen LogP contribution is -2.53. The molecular formula is C18H26F2N4O. The standard InChI is InChI=1S/C18H26F2N4O/c1-2-21-17(22-12-18(13-25)5-6-18)24-9-7-23(8-10-24)16-11-14(19)3-4-15(16)20/h3-4,11,25H,2,5-10,12-13H2,1H3,(H,21,22). The molecule has 0 amide bonds. The van der Waals surface area contributed by atoms with Gasteiger partial charge in [0.2, 0.25) is 0 Å². The first-order valence-electron chi connectivity index (χ1n) is 8.91. The summed E-state index contributed by atoms with van der Waals surface area (Å²) in [4.78, 5) is 8.70. The first kappa shape index (κ1) is 17.9. The Balaban J connectivity index is 1.63. The molecule has 0 aromatic heterocycles. The highest BCUT2D eigenvalue weighted by molar-refractivity contribution is 5.80. The van der Waals surface area contributed by atoms with Gasteiger partial charge in [-0.2, -0.15) is 0 Å². The molecule has 2 N–H and O–H groups in total. The fraction of sp³-hybridized carbons (Fsp3) is 0.611. The van der Waals surface area contributed by atoms with Gasteiger partial charge in [-0.25, -0.2) is 8.78 Å². The zero-order valence-corrected chi connectivity index (χ0v) is 14.6. The van der Waals surface area contributed by atoms with Gasteiger partial charge in [-0.1, -0.05) is 0 Å². The third kappa shape index (κ3) is 4.21. The van der Waals surface area contributed by atoms with E-state index < -0.39 is 11.6 Å². The van der Waals surface area contributed by atoms with Crippen LogP contribution in [0, 0.1) is 17.0 Å². The maximum atomic E-state index is 13.9. The molecule has 2 fully saturated rings. The molecule has 1 aromatic carbocycles. The van der Waals surface area contributed by atoms with Crippen molar-refractivity contribution < 1.29 is 13.9 Å². The zero-order valence-electron chi connectivity index (χ0n) is 14.6. The molecule has 1 heterocycles. The number of guanidine groups is 1. The van der Waals surface area contributed by atoms with Crippen molar-refractivity contribution in [2.24, 2.45) is 10.4 Å². The second kappa shape index (κ2) is 7.56. The number of aliphatic hydroxyl groups is 1. The van der Waals surface area contributed by atoms with Gasteiger partial charge in [0.25, 0.3) is 0 Å². The molecule has 2 aliphatic rings. The number of rotatable bonds is 5. The van der Waals surface area contributed by atoms with Crippen LogP contribution in [0.3, 0.4) is 0 Å². The minimum atomic E-state index is -0.424. The van der Waals surface area contributed by atoms with Crippen LogP contribution in [0.4, 0.5) is 14.5 Å². The predicted molar refractivity (Wildman–Crippen MR) is 94.9 cm³/mol. The molecule has 1 aliphatic heterocycles. The van der Waals surface area contributed by atoms with E-state index in [0.717, 1.165) is 31.4 Å². The van der Waals surface area contributed by atoms with E-state index >= 15 is 0 Å². The van der Waals surface area contributed by atoms with Crippen molar-refractivity contribution >= 4 is 11.6 Å². The van der Waals surface area contributed by atoms with Gasteiger partial charge in [0.05, 0.1) is 18.8 Å². The van der Waals surface area contributed by atoms with Crippen LogP contribution in [0.2, 0.25) is 0 Å². The summed E-state index contributed by atoms with van der Waals surface area (Å²) in [6.07, 6.45) is 2.05. The summed E-state index contributed by atoms with van der Waals surface area (Å²) in [6.45, 7) is 6.19. The maximum absolute atomic E-state index is 13.9. The molecule has 0 radical (unpaired) electrons. The number of piperazine rings is 1. The van der Waals surface area contributed by atoms with Crippen molar-refractivity contribution in [3.8, 4) is 0 Å². The van der Waals surface area contributed by atoms with Crippen LogP contribution in [0.5, 0.6) is 0 Å². The number of aliphatic imine (C=N–C) groups is 1. The van der Waals surface area contributed by atoms with Crippen LogP contribution in [-0.2, 0) is 0 Å². The minimum absolute atomic E-state index is 0.0206. The number of hydrogen-bond acceptors (Lipinski definition) is 3. The van der Waals surface area contributed by atoms with Gasteiger partial charge in [-0.15, -0.1) is 0 Å². The van der Waals surface area contributed by atoms with Crippen molar-refractivity contribution in [2.75, 3.05) is 50.8 Å². The monoisotopic (exact) mass is 352 g/mol. The van der Waals surface area contributed by atoms with Crippen LogP contribution in [0.25, 0.3) is 0 Å². The second-order valence-electron chi connectivity index (χ2n) is 6.90. The molecule has 0 bridgehead atoms. The molecule has 1 aromatic rings. The average Bonchev–Trinajstić information content (AvgIpc) is 3.41.